The highest BCUT2D eigenvalue weighted by atomic mass is 19.4. The zero-order valence-electron chi connectivity index (χ0n) is 15.1. The van der Waals surface area contributed by atoms with Crippen LogP contribution in [0, 0.1) is 0 Å². The van der Waals surface area contributed by atoms with Gasteiger partial charge in [0.2, 0.25) is 0 Å². The number of ether oxygens (including phenoxy) is 1. The quantitative estimate of drug-likeness (QED) is 0.804. The minimum absolute atomic E-state index is 0.0920. The average Bonchev–Trinajstić information content (AvgIpc) is 3.14. The Bertz CT molecular complexity index is 880. The summed E-state index contributed by atoms with van der Waals surface area (Å²) in [6.45, 7) is 1.86. The molecule has 0 unspecified atom stereocenters. The lowest BCUT2D eigenvalue weighted by Crippen LogP contribution is -2.49. The Hall–Kier alpha value is -2.84. The second-order valence-corrected chi connectivity index (χ2v) is 6.85. The van der Waals surface area contributed by atoms with Crippen LogP contribution < -0.4 is 9.64 Å². The molecule has 2 aromatic rings. The fourth-order valence-electron chi connectivity index (χ4n) is 3.64. The normalized spacial score (nSPS) is 16.8. The predicted octanol–water partition coefficient (Wildman–Crippen LogP) is 2.83. The third-order valence-corrected chi connectivity index (χ3v) is 5.04. The van der Waals surface area contributed by atoms with E-state index < -0.39 is 18.0 Å². The van der Waals surface area contributed by atoms with E-state index in [9.17, 15) is 18.0 Å². The van der Waals surface area contributed by atoms with E-state index >= 15 is 0 Å². The van der Waals surface area contributed by atoms with Crippen LogP contribution in [0.5, 0.6) is 5.75 Å². The summed E-state index contributed by atoms with van der Waals surface area (Å²) in [7, 11) is 0. The first-order valence-corrected chi connectivity index (χ1v) is 9.15. The third kappa shape index (κ3) is 3.88. The van der Waals surface area contributed by atoms with E-state index in [4.69, 9.17) is 0 Å². The summed E-state index contributed by atoms with van der Waals surface area (Å²) in [5.41, 5.74) is 2.19. The van der Waals surface area contributed by atoms with Crippen LogP contribution in [0.3, 0.4) is 0 Å². The number of carbonyl (C=O) groups is 1. The molecule has 0 saturated carbocycles. The van der Waals surface area contributed by atoms with Crippen molar-refractivity contribution in [3.8, 4) is 5.75 Å². The highest BCUT2D eigenvalue weighted by Gasteiger charge is 2.34. The number of rotatable bonds is 3. The number of hydrogen-bond acceptors (Lipinski definition) is 5. The molecular weight excluding hydrogens is 373 g/mol. The molecular formula is C19H19F3N4O2. The summed E-state index contributed by atoms with van der Waals surface area (Å²) in [6.07, 6.45) is -1.78. The number of anilines is 1. The fourth-order valence-corrected chi connectivity index (χ4v) is 3.64. The van der Waals surface area contributed by atoms with Crippen LogP contribution in [0.15, 0.2) is 30.3 Å². The number of hydrogen-bond donors (Lipinski definition) is 0. The summed E-state index contributed by atoms with van der Waals surface area (Å²) in [4.78, 5) is 16.3. The van der Waals surface area contributed by atoms with E-state index in [-0.39, 0.29) is 5.56 Å². The Morgan fingerprint density at radius 2 is 1.79 bits per heavy atom. The van der Waals surface area contributed by atoms with Crippen molar-refractivity contribution in [1.82, 2.24) is 15.1 Å². The summed E-state index contributed by atoms with van der Waals surface area (Å²) in [5.74, 6) is -0.167. The lowest BCUT2D eigenvalue weighted by Gasteiger charge is -2.35. The first-order valence-electron chi connectivity index (χ1n) is 9.15. The molecule has 28 heavy (non-hydrogen) atoms. The second-order valence-electron chi connectivity index (χ2n) is 6.85. The molecule has 1 aromatic heterocycles. The Labute approximate surface area is 159 Å². The third-order valence-electron chi connectivity index (χ3n) is 5.04. The largest absolute Gasteiger partial charge is 0.573 e. The lowest BCUT2D eigenvalue weighted by molar-refractivity contribution is -0.274. The zero-order chi connectivity index (χ0) is 19.7. The Morgan fingerprint density at radius 3 is 2.54 bits per heavy atom. The van der Waals surface area contributed by atoms with E-state index in [0.717, 1.165) is 36.8 Å². The van der Waals surface area contributed by atoms with Gasteiger partial charge in [-0.3, -0.25) is 4.79 Å². The van der Waals surface area contributed by atoms with E-state index in [1.807, 2.05) is 4.90 Å². The molecule has 1 aliphatic carbocycles. The van der Waals surface area contributed by atoms with Crippen molar-refractivity contribution in [2.24, 2.45) is 0 Å². The number of piperazine rings is 1. The van der Waals surface area contributed by atoms with Crippen LogP contribution in [0.4, 0.5) is 19.0 Å². The van der Waals surface area contributed by atoms with Gasteiger partial charge in [-0.2, -0.15) is 5.10 Å². The number of benzene rings is 1. The highest BCUT2D eigenvalue weighted by molar-refractivity contribution is 5.97. The number of amides is 1. The maximum Gasteiger partial charge on any atom is 0.573 e. The van der Waals surface area contributed by atoms with Crippen molar-refractivity contribution < 1.29 is 22.7 Å². The maximum absolute atomic E-state index is 12.7. The van der Waals surface area contributed by atoms with Crippen LogP contribution in [-0.4, -0.2) is 53.5 Å². The molecule has 6 nitrogen and oxygen atoms in total. The number of aryl methyl sites for hydroxylation is 2. The molecule has 1 fully saturated rings. The summed E-state index contributed by atoms with van der Waals surface area (Å²) in [5, 5.41) is 8.57. The lowest BCUT2D eigenvalue weighted by atomic mass is 10.1. The minimum atomic E-state index is -4.85. The molecule has 1 saturated heterocycles. The first kappa shape index (κ1) is 18.5. The van der Waals surface area contributed by atoms with Crippen LogP contribution in [0.1, 0.15) is 28.0 Å². The van der Waals surface area contributed by atoms with Crippen molar-refractivity contribution >= 4 is 11.7 Å². The topological polar surface area (TPSA) is 58.6 Å². The molecule has 148 valence electrons. The number of carbonyl (C=O) groups excluding carboxylic acids is 1. The van der Waals surface area contributed by atoms with Crippen molar-refractivity contribution in [3.05, 3.63) is 47.2 Å². The molecule has 1 aromatic carbocycles. The molecule has 2 heterocycles. The van der Waals surface area contributed by atoms with Crippen LogP contribution >= 0.6 is 0 Å². The smallest absolute Gasteiger partial charge is 0.405 e. The van der Waals surface area contributed by atoms with Crippen molar-refractivity contribution in [1.29, 1.82) is 0 Å². The van der Waals surface area contributed by atoms with Crippen LogP contribution in [0.25, 0.3) is 0 Å². The van der Waals surface area contributed by atoms with Crippen molar-refractivity contribution in [2.45, 2.75) is 25.6 Å². The van der Waals surface area contributed by atoms with Gasteiger partial charge in [-0.05, 0) is 43.0 Å². The maximum atomic E-state index is 12.7. The second kappa shape index (κ2) is 7.29. The van der Waals surface area contributed by atoms with E-state index in [0.29, 0.717) is 26.2 Å². The first-order chi connectivity index (χ1) is 13.4. The van der Waals surface area contributed by atoms with Crippen LogP contribution in [0.2, 0.25) is 0 Å². The Kier molecular flexibility index (Phi) is 4.82. The number of fused-ring (bicyclic) bond motifs is 1. The highest BCUT2D eigenvalue weighted by Crippen LogP contribution is 2.28. The van der Waals surface area contributed by atoms with Gasteiger partial charge >= 0.3 is 6.36 Å². The van der Waals surface area contributed by atoms with Gasteiger partial charge in [0.1, 0.15) is 5.75 Å². The number of alkyl halides is 3. The monoisotopic (exact) mass is 392 g/mol. The Balaban J connectivity index is 1.43. The van der Waals surface area contributed by atoms with Gasteiger partial charge < -0.3 is 14.5 Å². The molecule has 9 heteroatoms. The van der Waals surface area contributed by atoms with Gasteiger partial charge in [-0.15, -0.1) is 18.3 Å². The number of para-hydroxylation sites is 1. The van der Waals surface area contributed by atoms with Gasteiger partial charge in [-0.25, -0.2) is 0 Å². The molecule has 1 amide bonds. The van der Waals surface area contributed by atoms with Crippen molar-refractivity contribution in [3.63, 3.8) is 0 Å². The van der Waals surface area contributed by atoms with Gasteiger partial charge in [0.25, 0.3) is 5.91 Å². The molecule has 2 aliphatic rings. The summed E-state index contributed by atoms with van der Waals surface area (Å²) >= 11 is 0. The van der Waals surface area contributed by atoms with Gasteiger partial charge in [0.15, 0.2) is 5.82 Å². The molecule has 4 rings (SSSR count). The van der Waals surface area contributed by atoms with Gasteiger partial charge in [-0.1, -0.05) is 12.1 Å². The van der Waals surface area contributed by atoms with E-state index in [1.54, 1.807) is 0 Å². The van der Waals surface area contributed by atoms with Crippen molar-refractivity contribution in [2.75, 3.05) is 31.1 Å². The predicted molar refractivity (Wildman–Crippen MR) is 95.3 cm³/mol. The molecule has 0 spiro atoms. The summed E-state index contributed by atoms with van der Waals surface area (Å²) in [6, 6.07) is 7.48. The molecule has 0 atom stereocenters. The SMILES string of the molecule is O=C(c1ccccc1OC(F)(F)F)N1CCN(c2cc3c(nn2)CCC3)CC1. The molecule has 0 N–H and O–H groups in total. The van der Waals surface area contributed by atoms with Gasteiger partial charge in [0, 0.05) is 26.2 Å². The average molecular weight is 392 g/mol. The zero-order valence-corrected chi connectivity index (χ0v) is 15.1. The summed E-state index contributed by atoms with van der Waals surface area (Å²) < 4.78 is 41.8. The standard InChI is InChI=1S/C19H19F3N4O2/c20-19(21,22)28-16-7-2-1-5-14(16)18(27)26-10-8-25(9-11-26)17-12-13-4-3-6-15(13)23-24-17/h1-2,5,7,12H,3-4,6,8-11H2. The molecule has 0 bridgehead atoms. The Morgan fingerprint density at radius 1 is 1.04 bits per heavy atom. The van der Waals surface area contributed by atoms with E-state index in [1.165, 1.54) is 28.7 Å². The minimum Gasteiger partial charge on any atom is -0.405 e. The van der Waals surface area contributed by atoms with Gasteiger partial charge in [0.05, 0.1) is 11.3 Å². The fraction of sp³-hybridized carbons (Fsp3) is 0.421. The van der Waals surface area contributed by atoms with E-state index in [2.05, 4.69) is 21.0 Å². The molecule has 0 radical (unpaired) electrons. The number of aromatic nitrogens is 2. The van der Waals surface area contributed by atoms with Crippen LogP contribution in [-0.2, 0) is 12.8 Å². The number of nitrogens with zero attached hydrogens (tertiary/aromatic N) is 4. The molecule has 1 aliphatic heterocycles. The number of halogens is 3.